The Morgan fingerprint density at radius 3 is 2.19 bits per heavy atom. The second kappa shape index (κ2) is 7.97. The lowest BCUT2D eigenvalue weighted by molar-refractivity contribution is 1.10. The number of anilines is 2. The van der Waals surface area contributed by atoms with Crippen molar-refractivity contribution in [2.75, 3.05) is 5.32 Å². The summed E-state index contributed by atoms with van der Waals surface area (Å²) in [5.74, 6) is 0.937. The third kappa shape index (κ3) is 3.71. The summed E-state index contributed by atoms with van der Waals surface area (Å²) >= 11 is 4.53. The molecule has 31 heavy (non-hydrogen) atoms. The maximum absolute atomic E-state index is 5.02. The van der Waals surface area contributed by atoms with Crippen molar-refractivity contribution in [3.63, 3.8) is 0 Å². The fourth-order valence-electron chi connectivity index (χ4n) is 3.80. The zero-order chi connectivity index (χ0) is 21.4. The van der Waals surface area contributed by atoms with E-state index in [2.05, 4.69) is 97.0 Å². The smallest absolute Gasteiger partial charge is 0.145 e. The van der Waals surface area contributed by atoms with E-state index in [-0.39, 0.29) is 0 Å². The molecule has 3 nitrogen and oxygen atoms in total. The Hall–Kier alpha value is -3.50. The molecule has 1 aromatic heterocycles. The molecule has 0 aliphatic heterocycles. The average Bonchev–Trinajstić information content (AvgIpc) is 3.15. The maximum atomic E-state index is 5.02. The number of nitrogens with zero attached hydrogens (tertiary/aromatic N) is 2. The number of rotatable bonds is 4. The minimum absolute atomic E-state index is 0.920. The molecular formula is C27H23N3S. The van der Waals surface area contributed by atoms with E-state index >= 15 is 0 Å². The van der Waals surface area contributed by atoms with Gasteiger partial charge in [0.15, 0.2) is 0 Å². The van der Waals surface area contributed by atoms with Gasteiger partial charge in [-0.2, -0.15) is 0 Å². The number of benzene rings is 4. The summed E-state index contributed by atoms with van der Waals surface area (Å²) in [7, 11) is 0. The highest BCUT2D eigenvalue weighted by Gasteiger charge is 2.15. The predicted octanol–water partition coefficient (Wildman–Crippen LogP) is 7.34. The molecule has 0 atom stereocenters. The zero-order valence-corrected chi connectivity index (χ0v) is 18.4. The lowest BCUT2D eigenvalue weighted by Gasteiger charge is -2.12. The summed E-state index contributed by atoms with van der Waals surface area (Å²) < 4.78 is 2.24. The van der Waals surface area contributed by atoms with Crippen LogP contribution < -0.4 is 5.32 Å². The van der Waals surface area contributed by atoms with E-state index in [1.165, 1.54) is 11.1 Å². The number of aromatic nitrogens is 2. The molecule has 0 saturated carbocycles. The molecule has 5 aromatic rings. The minimum atomic E-state index is 0.920. The first kappa shape index (κ1) is 19.5. The molecule has 0 spiro atoms. The molecule has 5 rings (SSSR count). The summed E-state index contributed by atoms with van der Waals surface area (Å²) in [6.07, 6.45) is 0. The largest absolute Gasteiger partial charge is 0.355 e. The van der Waals surface area contributed by atoms with Gasteiger partial charge in [-0.3, -0.25) is 4.57 Å². The van der Waals surface area contributed by atoms with Crippen LogP contribution in [0.15, 0.2) is 95.9 Å². The normalized spacial score (nSPS) is 11.1. The van der Waals surface area contributed by atoms with Gasteiger partial charge in [0.1, 0.15) is 5.82 Å². The summed E-state index contributed by atoms with van der Waals surface area (Å²) in [5, 5.41) is 3.44. The number of thiol groups is 1. The van der Waals surface area contributed by atoms with Crippen molar-refractivity contribution in [3.05, 3.63) is 102 Å². The maximum Gasteiger partial charge on any atom is 0.145 e. The molecule has 1 N–H and O–H groups in total. The second-order valence-corrected chi connectivity index (χ2v) is 8.23. The number of aryl methyl sites for hydroxylation is 2. The van der Waals surface area contributed by atoms with E-state index in [9.17, 15) is 0 Å². The van der Waals surface area contributed by atoms with Crippen molar-refractivity contribution in [2.24, 2.45) is 0 Å². The van der Waals surface area contributed by atoms with Crippen LogP contribution in [-0.2, 0) is 0 Å². The molecule has 0 saturated heterocycles. The summed E-state index contributed by atoms with van der Waals surface area (Å²) in [6, 6.07) is 31.2. The molecule has 0 aliphatic carbocycles. The van der Waals surface area contributed by atoms with Crippen molar-refractivity contribution < 1.29 is 0 Å². The Morgan fingerprint density at radius 1 is 0.774 bits per heavy atom. The number of imidazole rings is 1. The van der Waals surface area contributed by atoms with Gasteiger partial charge in [-0.15, -0.1) is 12.6 Å². The highest BCUT2D eigenvalue weighted by atomic mass is 32.1. The predicted molar refractivity (Wildman–Crippen MR) is 133 cm³/mol. The van der Waals surface area contributed by atoms with Crippen molar-refractivity contribution >= 4 is 35.0 Å². The van der Waals surface area contributed by atoms with Crippen LogP contribution in [0.2, 0.25) is 0 Å². The van der Waals surface area contributed by atoms with Crippen LogP contribution in [0.25, 0.3) is 28.1 Å². The van der Waals surface area contributed by atoms with Crippen LogP contribution in [0.4, 0.5) is 11.4 Å². The van der Waals surface area contributed by atoms with Crippen LogP contribution in [0.3, 0.4) is 0 Å². The second-order valence-electron chi connectivity index (χ2n) is 7.75. The van der Waals surface area contributed by atoms with E-state index in [1.54, 1.807) is 0 Å². The highest BCUT2D eigenvalue weighted by molar-refractivity contribution is 7.80. The van der Waals surface area contributed by atoms with Gasteiger partial charge in [0.05, 0.1) is 16.7 Å². The van der Waals surface area contributed by atoms with Crippen LogP contribution in [0.1, 0.15) is 11.1 Å². The standard InChI is InChI=1S/C27H23N3S/c1-18-16-24-25(17-19(18)2)30(22-8-4-3-5-9-22)27(29-24)20-12-14-21(15-13-20)28-23-10-6-7-11-26(23)31/h3-17,28,31H,1-2H3. The number of nitrogens with one attached hydrogen (secondary N) is 1. The first-order valence-corrected chi connectivity index (χ1v) is 10.8. The zero-order valence-electron chi connectivity index (χ0n) is 17.5. The molecule has 0 bridgehead atoms. The van der Waals surface area contributed by atoms with Gasteiger partial charge in [-0.25, -0.2) is 4.98 Å². The molecule has 4 aromatic carbocycles. The van der Waals surface area contributed by atoms with Gasteiger partial charge in [0.25, 0.3) is 0 Å². The Labute approximate surface area is 187 Å². The van der Waals surface area contributed by atoms with E-state index in [4.69, 9.17) is 4.98 Å². The minimum Gasteiger partial charge on any atom is -0.355 e. The fourth-order valence-corrected chi connectivity index (χ4v) is 4.02. The monoisotopic (exact) mass is 421 g/mol. The van der Waals surface area contributed by atoms with E-state index < -0.39 is 0 Å². The molecule has 0 amide bonds. The lowest BCUT2D eigenvalue weighted by Crippen LogP contribution is -1.98. The highest BCUT2D eigenvalue weighted by Crippen LogP contribution is 2.31. The molecule has 0 unspecified atom stereocenters. The van der Waals surface area contributed by atoms with Crippen molar-refractivity contribution in [1.29, 1.82) is 0 Å². The SMILES string of the molecule is Cc1cc2nc(-c3ccc(Nc4ccccc4S)cc3)n(-c3ccccc3)c2cc1C. The molecule has 4 heteroatoms. The molecule has 0 fully saturated rings. The third-order valence-corrected chi connectivity index (χ3v) is 6.00. The van der Waals surface area contributed by atoms with E-state index in [1.807, 2.05) is 30.3 Å². The quantitative estimate of drug-likeness (QED) is 0.297. The van der Waals surface area contributed by atoms with Gasteiger partial charge < -0.3 is 5.32 Å². The molecule has 1 heterocycles. The van der Waals surface area contributed by atoms with Gasteiger partial charge >= 0.3 is 0 Å². The first-order valence-electron chi connectivity index (χ1n) is 10.3. The van der Waals surface area contributed by atoms with Crippen LogP contribution in [0.5, 0.6) is 0 Å². The Kier molecular flexibility index (Phi) is 5.00. The molecule has 0 radical (unpaired) electrons. The molecule has 152 valence electrons. The van der Waals surface area contributed by atoms with Crippen LogP contribution in [-0.4, -0.2) is 9.55 Å². The van der Waals surface area contributed by atoms with Crippen molar-refractivity contribution in [1.82, 2.24) is 9.55 Å². The average molecular weight is 422 g/mol. The third-order valence-electron chi connectivity index (χ3n) is 5.61. The number of para-hydroxylation sites is 2. The fraction of sp³-hybridized carbons (Fsp3) is 0.0741. The van der Waals surface area contributed by atoms with Crippen LogP contribution in [0, 0.1) is 13.8 Å². The van der Waals surface area contributed by atoms with Gasteiger partial charge in [-0.1, -0.05) is 30.3 Å². The van der Waals surface area contributed by atoms with E-state index in [0.29, 0.717) is 0 Å². The Balaban J connectivity index is 1.60. The lowest BCUT2D eigenvalue weighted by atomic mass is 10.1. The topological polar surface area (TPSA) is 29.9 Å². The van der Waals surface area contributed by atoms with E-state index in [0.717, 1.165) is 44.4 Å². The molecular weight excluding hydrogens is 398 g/mol. The van der Waals surface area contributed by atoms with Crippen LogP contribution >= 0.6 is 12.6 Å². The summed E-state index contributed by atoms with van der Waals surface area (Å²) in [4.78, 5) is 5.94. The molecule has 0 aliphatic rings. The summed E-state index contributed by atoms with van der Waals surface area (Å²) in [5.41, 5.74) is 8.82. The van der Waals surface area contributed by atoms with Gasteiger partial charge in [-0.05, 0) is 85.6 Å². The van der Waals surface area contributed by atoms with Crippen molar-refractivity contribution in [3.8, 4) is 17.1 Å². The van der Waals surface area contributed by atoms with Gasteiger partial charge in [0, 0.05) is 21.8 Å². The number of hydrogen-bond acceptors (Lipinski definition) is 3. The van der Waals surface area contributed by atoms with Crippen molar-refractivity contribution in [2.45, 2.75) is 18.7 Å². The summed E-state index contributed by atoms with van der Waals surface area (Å²) in [6.45, 7) is 4.28. The Morgan fingerprint density at radius 2 is 1.45 bits per heavy atom. The Bertz CT molecular complexity index is 1370. The van der Waals surface area contributed by atoms with Gasteiger partial charge in [0.2, 0.25) is 0 Å². The number of fused-ring (bicyclic) bond motifs is 1. The first-order chi connectivity index (χ1) is 15.1. The number of hydrogen-bond donors (Lipinski definition) is 2.